The number of furan rings is 1. The number of hydrogen-bond acceptors (Lipinski definition) is 6. The van der Waals surface area contributed by atoms with Gasteiger partial charge in [0.2, 0.25) is 0 Å². The average Bonchev–Trinajstić information content (AvgIpc) is 3.44. The van der Waals surface area contributed by atoms with Crippen molar-refractivity contribution >= 4 is 34.2 Å². The van der Waals surface area contributed by atoms with Crippen LogP contribution in [0.2, 0.25) is 0 Å². The number of anilines is 2. The van der Waals surface area contributed by atoms with E-state index in [-0.39, 0.29) is 18.4 Å². The summed E-state index contributed by atoms with van der Waals surface area (Å²) >= 11 is 0. The van der Waals surface area contributed by atoms with Crippen molar-refractivity contribution in [3.63, 3.8) is 0 Å². The van der Waals surface area contributed by atoms with Crippen molar-refractivity contribution in [2.45, 2.75) is 13.8 Å². The molecule has 1 aliphatic rings. The van der Waals surface area contributed by atoms with Crippen LogP contribution in [0.3, 0.4) is 0 Å². The Bertz CT molecular complexity index is 1390. The Labute approximate surface area is 209 Å². The third kappa shape index (κ3) is 5.02. The zero-order valence-electron chi connectivity index (χ0n) is 20.4. The molecule has 2 aromatic carbocycles. The smallest absolute Gasteiger partial charge is 0.289 e. The summed E-state index contributed by atoms with van der Waals surface area (Å²) in [6.07, 6.45) is 1.51. The standard InChI is InChI=1S/C28H28N4O4/c1-19-8-10-22(20(2)17-19)29-26(33)18-36-23-6-3-5-21-9-11-25(30-27(21)23)31-12-14-32(15-13-31)28(34)24-7-4-16-35-24/h3-11,16-17H,12-15,18H2,1-2H3,(H,29,33). The first-order chi connectivity index (χ1) is 17.5. The zero-order chi connectivity index (χ0) is 25.1. The average molecular weight is 485 g/mol. The summed E-state index contributed by atoms with van der Waals surface area (Å²) in [5.74, 6) is 1.39. The minimum atomic E-state index is -0.229. The van der Waals surface area contributed by atoms with Gasteiger partial charge in [-0.3, -0.25) is 9.59 Å². The van der Waals surface area contributed by atoms with E-state index in [0.29, 0.717) is 43.2 Å². The molecule has 4 aromatic rings. The summed E-state index contributed by atoms with van der Waals surface area (Å²) < 4.78 is 11.1. The van der Waals surface area contributed by atoms with Crippen molar-refractivity contribution in [2.24, 2.45) is 0 Å². The Hall–Kier alpha value is -4.33. The molecule has 36 heavy (non-hydrogen) atoms. The lowest BCUT2D eigenvalue weighted by Crippen LogP contribution is -2.49. The molecule has 2 amide bonds. The van der Waals surface area contributed by atoms with E-state index in [1.54, 1.807) is 17.0 Å². The number of hydrogen-bond donors (Lipinski definition) is 1. The van der Waals surface area contributed by atoms with Crippen molar-refractivity contribution in [2.75, 3.05) is 43.0 Å². The minimum absolute atomic E-state index is 0.0964. The molecule has 3 heterocycles. The predicted molar refractivity (Wildman–Crippen MR) is 139 cm³/mol. The van der Waals surface area contributed by atoms with E-state index in [4.69, 9.17) is 14.1 Å². The molecular formula is C28H28N4O4. The highest BCUT2D eigenvalue weighted by atomic mass is 16.5. The molecule has 184 valence electrons. The van der Waals surface area contributed by atoms with Crippen LogP contribution >= 0.6 is 0 Å². The van der Waals surface area contributed by atoms with E-state index in [1.807, 2.05) is 62.4 Å². The summed E-state index contributed by atoms with van der Waals surface area (Å²) in [6.45, 7) is 6.34. The molecule has 1 aliphatic heterocycles. The van der Waals surface area contributed by atoms with Gasteiger partial charge in [-0.05, 0) is 55.8 Å². The van der Waals surface area contributed by atoms with E-state index >= 15 is 0 Å². The number of fused-ring (bicyclic) bond motifs is 1. The monoisotopic (exact) mass is 484 g/mol. The van der Waals surface area contributed by atoms with Crippen LogP contribution in [0.4, 0.5) is 11.5 Å². The second kappa shape index (κ2) is 10.1. The number of piperazine rings is 1. The molecule has 1 saturated heterocycles. The molecule has 8 nitrogen and oxygen atoms in total. The number of aryl methyl sites for hydroxylation is 2. The number of ether oxygens (including phenoxy) is 1. The van der Waals surface area contributed by atoms with Crippen molar-refractivity contribution in [3.05, 3.63) is 83.8 Å². The molecule has 1 fully saturated rings. The number of nitrogens with zero attached hydrogens (tertiary/aromatic N) is 3. The van der Waals surface area contributed by atoms with Gasteiger partial charge in [-0.2, -0.15) is 0 Å². The van der Waals surface area contributed by atoms with E-state index in [1.165, 1.54) is 6.26 Å². The number of aromatic nitrogens is 1. The van der Waals surface area contributed by atoms with E-state index in [0.717, 1.165) is 28.0 Å². The van der Waals surface area contributed by atoms with Gasteiger partial charge < -0.3 is 24.3 Å². The second-order valence-electron chi connectivity index (χ2n) is 8.91. The molecule has 0 atom stereocenters. The van der Waals surface area contributed by atoms with Crippen LogP contribution in [0.15, 0.2) is 71.3 Å². The van der Waals surface area contributed by atoms with E-state index in [9.17, 15) is 9.59 Å². The SMILES string of the molecule is Cc1ccc(NC(=O)COc2cccc3ccc(N4CCN(C(=O)c5ccco5)CC4)nc23)c(C)c1. The number of pyridine rings is 1. The first kappa shape index (κ1) is 23.4. The summed E-state index contributed by atoms with van der Waals surface area (Å²) in [6, 6.07) is 18.9. The summed E-state index contributed by atoms with van der Waals surface area (Å²) in [4.78, 5) is 33.9. The van der Waals surface area contributed by atoms with Gasteiger partial charge in [-0.1, -0.05) is 29.8 Å². The van der Waals surface area contributed by atoms with Gasteiger partial charge in [0.25, 0.3) is 11.8 Å². The van der Waals surface area contributed by atoms with Crippen LogP contribution in [0.1, 0.15) is 21.7 Å². The second-order valence-corrected chi connectivity index (χ2v) is 8.91. The van der Waals surface area contributed by atoms with Crippen LogP contribution in [0.5, 0.6) is 5.75 Å². The van der Waals surface area contributed by atoms with Gasteiger partial charge in [0.05, 0.1) is 6.26 Å². The zero-order valence-corrected chi connectivity index (χ0v) is 20.4. The molecule has 0 aliphatic carbocycles. The summed E-state index contributed by atoms with van der Waals surface area (Å²) in [7, 11) is 0. The lowest BCUT2D eigenvalue weighted by molar-refractivity contribution is -0.118. The Morgan fingerprint density at radius 1 is 1.00 bits per heavy atom. The number of carbonyl (C=O) groups is 2. The number of carbonyl (C=O) groups excluding carboxylic acids is 2. The predicted octanol–water partition coefficient (Wildman–Crippen LogP) is 4.42. The van der Waals surface area contributed by atoms with Gasteiger partial charge in [-0.25, -0.2) is 4.98 Å². The van der Waals surface area contributed by atoms with Crippen LogP contribution in [-0.2, 0) is 4.79 Å². The van der Waals surface area contributed by atoms with Gasteiger partial charge >= 0.3 is 0 Å². The third-order valence-corrected chi connectivity index (χ3v) is 6.31. The molecule has 2 aromatic heterocycles. The molecule has 0 saturated carbocycles. The van der Waals surface area contributed by atoms with Crippen LogP contribution < -0.4 is 15.0 Å². The number of amides is 2. The van der Waals surface area contributed by atoms with Crippen molar-refractivity contribution in [1.29, 1.82) is 0 Å². The summed E-state index contributed by atoms with van der Waals surface area (Å²) in [5, 5.41) is 3.84. The number of rotatable bonds is 6. The summed E-state index contributed by atoms with van der Waals surface area (Å²) in [5.41, 5.74) is 3.62. The van der Waals surface area contributed by atoms with Crippen molar-refractivity contribution < 1.29 is 18.7 Å². The van der Waals surface area contributed by atoms with Crippen molar-refractivity contribution in [1.82, 2.24) is 9.88 Å². The Balaban J connectivity index is 1.25. The quantitative estimate of drug-likeness (QED) is 0.436. The molecule has 0 unspecified atom stereocenters. The fourth-order valence-electron chi connectivity index (χ4n) is 4.38. The molecule has 0 spiro atoms. The Morgan fingerprint density at radius 2 is 1.83 bits per heavy atom. The highest BCUT2D eigenvalue weighted by Gasteiger charge is 2.24. The molecule has 1 N–H and O–H groups in total. The highest BCUT2D eigenvalue weighted by Crippen LogP contribution is 2.27. The lowest BCUT2D eigenvalue weighted by Gasteiger charge is -2.35. The topological polar surface area (TPSA) is 87.9 Å². The maximum absolute atomic E-state index is 12.5. The largest absolute Gasteiger partial charge is 0.481 e. The van der Waals surface area contributed by atoms with E-state index < -0.39 is 0 Å². The van der Waals surface area contributed by atoms with Crippen LogP contribution in [-0.4, -0.2) is 54.5 Å². The molecule has 5 rings (SSSR count). The third-order valence-electron chi connectivity index (χ3n) is 6.31. The van der Waals surface area contributed by atoms with E-state index in [2.05, 4.69) is 10.2 Å². The number of benzene rings is 2. The molecule has 0 bridgehead atoms. The normalized spacial score (nSPS) is 13.6. The highest BCUT2D eigenvalue weighted by molar-refractivity contribution is 5.93. The van der Waals surface area contributed by atoms with Crippen molar-refractivity contribution in [3.8, 4) is 5.75 Å². The minimum Gasteiger partial charge on any atom is -0.481 e. The van der Waals surface area contributed by atoms with Gasteiger partial charge in [-0.15, -0.1) is 0 Å². The molecular weight excluding hydrogens is 456 g/mol. The Kier molecular flexibility index (Phi) is 6.58. The van der Waals surface area contributed by atoms with Crippen LogP contribution in [0, 0.1) is 13.8 Å². The first-order valence-corrected chi connectivity index (χ1v) is 12.0. The van der Waals surface area contributed by atoms with Gasteiger partial charge in [0, 0.05) is 37.3 Å². The number of nitrogens with one attached hydrogen (secondary N) is 1. The maximum atomic E-state index is 12.5. The maximum Gasteiger partial charge on any atom is 0.289 e. The van der Waals surface area contributed by atoms with Gasteiger partial charge in [0.1, 0.15) is 17.1 Å². The fraction of sp³-hybridized carbons (Fsp3) is 0.250. The Morgan fingerprint density at radius 3 is 2.58 bits per heavy atom. The lowest BCUT2D eigenvalue weighted by atomic mass is 10.1. The van der Waals surface area contributed by atoms with Crippen LogP contribution in [0.25, 0.3) is 10.9 Å². The van der Waals surface area contributed by atoms with Gasteiger partial charge in [0.15, 0.2) is 12.4 Å². The fourth-order valence-corrected chi connectivity index (χ4v) is 4.38. The molecule has 8 heteroatoms. The molecule has 0 radical (unpaired) electrons. The first-order valence-electron chi connectivity index (χ1n) is 12.0. The number of para-hydroxylation sites is 1.